The van der Waals surface area contributed by atoms with E-state index in [0.717, 1.165) is 27.0 Å². The lowest BCUT2D eigenvalue weighted by atomic mass is 10.1. The number of halogens is 3. The first-order valence-corrected chi connectivity index (χ1v) is 9.51. The van der Waals surface area contributed by atoms with Crippen molar-refractivity contribution in [2.24, 2.45) is 0 Å². The normalized spacial score (nSPS) is 15.1. The van der Waals surface area contributed by atoms with Crippen LogP contribution in [0.3, 0.4) is 0 Å². The Kier molecular flexibility index (Phi) is 4.59. The largest absolute Gasteiger partial charge is 0.417 e. The van der Waals surface area contributed by atoms with E-state index in [4.69, 9.17) is 5.26 Å². The molecule has 1 saturated heterocycles. The lowest BCUT2D eigenvalue weighted by Gasteiger charge is -2.37. The van der Waals surface area contributed by atoms with Gasteiger partial charge in [0, 0.05) is 36.7 Å². The van der Waals surface area contributed by atoms with Crippen molar-refractivity contribution in [1.82, 2.24) is 9.97 Å². The van der Waals surface area contributed by atoms with Crippen molar-refractivity contribution in [3.05, 3.63) is 46.6 Å². The number of thiophene rings is 1. The van der Waals surface area contributed by atoms with E-state index in [1.54, 1.807) is 29.8 Å². The molecule has 3 heterocycles. The molecule has 9 heteroatoms. The molecule has 3 aromatic rings. The van der Waals surface area contributed by atoms with Gasteiger partial charge in [0.05, 0.1) is 22.6 Å². The van der Waals surface area contributed by atoms with Crippen molar-refractivity contribution in [1.29, 1.82) is 5.26 Å². The van der Waals surface area contributed by atoms with Crippen LogP contribution >= 0.6 is 11.3 Å². The minimum atomic E-state index is -4.55. The Morgan fingerprint density at radius 1 is 1.07 bits per heavy atom. The number of rotatable bonds is 2. The van der Waals surface area contributed by atoms with E-state index in [9.17, 15) is 13.2 Å². The summed E-state index contributed by atoms with van der Waals surface area (Å²) in [5.41, 5.74) is -0.766. The lowest BCUT2D eigenvalue weighted by molar-refractivity contribution is -0.137. The highest BCUT2D eigenvalue weighted by atomic mass is 32.1. The van der Waals surface area contributed by atoms with Crippen LogP contribution in [-0.4, -0.2) is 36.1 Å². The Morgan fingerprint density at radius 2 is 1.79 bits per heavy atom. The molecule has 28 heavy (non-hydrogen) atoms. The highest BCUT2D eigenvalue weighted by Gasteiger charge is 2.34. The minimum absolute atomic E-state index is 0.355. The molecule has 0 radical (unpaired) electrons. The van der Waals surface area contributed by atoms with Crippen molar-refractivity contribution in [2.75, 3.05) is 36.0 Å². The topological polar surface area (TPSA) is 56.0 Å². The van der Waals surface area contributed by atoms with Gasteiger partial charge >= 0.3 is 6.18 Å². The molecule has 1 aliphatic heterocycles. The first kappa shape index (κ1) is 18.5. The van der Waals surface area contributed by atoms with Gasteiger partial charge in [-0.1, -0.05) is 0 Å². The molecule has 0 atom stereocenters. The Balaban J connectivity index is 1.55. The highest BCUT2D eigenvalue weighted by molar-refractivity contribution is 7.18. The molecule has 1 aromatic carbocycles. The molecule has 0 N–H and O–H groups in total. The van der Waals surface area contributed by atoms with Gasteiger partial charge in [0.25, 0.3) is 0 Å². The number of alkyl halides is 3. The number of benzene rings is 1. The third kappa shape index (κ3) is 3.36. The zero-order chi connectivity index (χ0) is 19.9. The first-order chi connectivity index (χ1) is 13.4. The Hall–Kier alpha value is -2.86. The van der Waals surface area contributed by atoms with Gasteiger partial charge in [-0.3, -0.25) is 0 Å². The number of aromatic nitrogens is 2. The van der Waals surface area contributed by atoms with Crippen LogP contribution in [0, 0.1) is 18.3 Å². The molecule has 0 unspecified atom stereocenters. The molecule has 0 aliphatic carbocycles. The Morgan fingerprint density at radius 3 is 2.46 bits per heavy atom. The predicted octanol–water partition coefficient (Wildman–Crippen LogP) is 4.22. The molecule has 0 spiro atoms. The van der Waals surface area contributed by atoms with Gasteiger partial charge in [0.15, 0.2) is 0 Å². The van der Waals surface area contributed by atoms with Gasteiger partial charge in [-0.2, -0.15) is 18.4 Å². The standard InChI is InChI=1S/C19H16F3N5S/c1-12-8-15-17(24-11-25-18(15)28-12)27-6-4-26(5-7-27)14-3-2-13(10-23)16(9-14)19(20,21)22/h2-3,8-9,11H,4-7H2,1H3. The molecule has 1 aliphatic rings. The number of fused-ring (bicyclic) bond motifs is 1. The van der Waals surface area contributed by atoms with Gasteiger partial charge in [0.1, 0.15) is 17.0 Å². The highest BCUT2D eigenvalue weighted by Crippen LogP contribution is 2.35. The number of hydrogen-bond donors (Lipinski definition) is 0. The molecule has 1 fully saturated rings. The van der Waals surface area contributed by atoms with Gasteiger partial charge in [-0.25, -0.2) is 9.97 Å². The second kappa shape index (κ2) is 6.95. The van der Waals surface area contributed by atoms with Crippen molar-refractivity contribution < 1.29 is 13.2 Å². The second-order valence-corrected chi connectivity index (χ2v) is 7.82. The SMILES string of the molecule is Cc1cc2c(N3CCN(c4ccc(C#N)c(C(F)(F)F)c4)CC3)ncnc2s1. The van der Waals surface area contributed by atoms with Crippen LogP contribution in [0.15, 0.2) is 30.6 Å². The van der Waals surface area contributed by atoms with Crippen LogP contribution in [0.4, 0.5) is 24.7 Å². The molecule has 2 aromatic heterocycles. The van der Waals surface area contributed by atoms with E-state index in [2.05, 4.69) is 20.9 Å². The number of piperazine rings is 1. The van der Waals surface area contributed by atoms with E-state index in [-0.39, 0.29) is 5.56 Å². The van der Waals surface area contributed by atoms with Crippen LogP contribution in [0.25, 0.3) is 10.2 Å². The molecular formula is C19H16F3N5S. The maximum atomic E-state index is 13.2. The van der Waals surface area contributed by atoms with Gasteiger partial charge < -0.3 is 9.80 Å². The fourth-order valence-electron chi connectivity index (χ4n) is 3.45. The second-order valence-electron chi connectivity index (χ2n) is 6.59. The molecule has 144 valence electrons. The maximum Gasteiger partial charge on any atom is 0.417 e. The average molecular weight is 403 g/mol. The van der Waals surface area contributed by atoms with Crippen LogP contribution in [0.2, 0.25) is 0 Å². The van der Waals surface area contributed by atoms with Crippen molar-refractivity contribution in [3.63, 3.8) is 0 Å². The Bertz CT molecular complexity index is 1060. The molecule has 0 saturated carbocycles. The summed E-state index contributed by atoms with van der Waals surface area (Å²) >= 11 is 1.61. The third-order valence-corrected chi connectivity index (χ3v) is 5.76. The summed E-state index contributed by atoms with van der Waals surface area (Å²) in [5.74, 6) is 0.866. The van der Waals surface area contributed by atoms with Gasteiger partial charge in [-0.15, -0.1) is 11.3 Å². The van der Waals surface area contributed by atoms with E-state index >= 15 is 0 Å². The minimum Gasteiger partial charge on any atom is -0.368 e. The smallest absolute Gasteiger partial charge is 0.368 e. The molecule has 0 bridgehead atoms. The summed E-state index contributed by atoms with van der Waals surface area (Å²) in [7, 11) is 0. The number of nitrogens with zero attached hydrogens (tertiary/aromatic N) is 5. The molecule has 5 nitrogen and oxygen atoms in total. The maximum absolute atomic E-state index is 13.2. The number of aryl methyl sites for hydroxylation is 1. The van der Waals surface area contributed by atoms with Gasteiger partial charge in [-0.05, 0) is 31.2 Å². The van der Waals surface area contributed by atoms with Crippen LogP contribution in [0.1, 0.15) is 16.0 Å². The third-order valence-electron chi connectivity index (χ3n) is 4.80. The summed E-state index contributed by atoms with van der Waals surface area (Å²) in [6.45, 7) is 4.44. The van der Waals surface area contributed by atoms with Crippen LogP contribution in [-0.2, 0) is 6.18 Å². The fraction of sp³-hybridized carbons (Fsp3) is 0.316. The van der Waals surface area contributed by atoms with Crippen molar-refractivity contribution in [3.8, 4) is 6.07 Å². The van der Waals surface area contributed by atoms with Crippen LogP contribution in [0.5, 0.6) is 0 Å². The summed E-state index contributed by atoms with van der Waals surface area (Å²) in [4.78, 5) is 14.9. The lowest BCUT2D eigenvalue weighted by Crippen LogP contribution is -2.47. The van der Waals surface area contributed by atoms with E-state index < -0.39 is 11.7 Å². The first-order valence-electron chi connectivity index (χ1n) is 8.69. The monoisotopic (exact) mass is 403 g/mol. The predicted molar refractivity (Wildman–Crippen MR) is 103 cm³/mol. The zero-order valence-corrected chi connectivity index (χ0v) is 15.8. The zero-order valence-electron chi connectivity index (χ0n) is 15.0. The fourth-order valence-corrected chi connectivity index (χ4v) is 4.29. The quantitative estimate of drug-likeness (QED) is 0.641. The summed E-state index contributed by atoms with van der Waals surface area (Å²) in [6, 6.07) is 7.58. The number of anilines is 2. The Labute approximate surface area is 163 Å². The van der Waals surface area contributed by atoms with E-state index in [1.165, 1.54) is 6.07 Å². The summed E-state index contributed by atoms with van der Waals surface area (Å²) in [6.07, 6.45) is -3.00. The van der Waals surface area contributed by atoms with Crippen molar-refractivity contribution >= 4 is 33.1 Å². The van der Waals surface area contributed by atoms with E-state index in [1.807, 2.05) is 11.8 Å². The average Bonchev–Trinajstić information content (AvgIpc) is 3.07. The molecule has 0 amide bonds. The van der Waals surface area contributed by atoms with Crippen molar-refractivity contribution in [2.45, 2.75) is 13.1 Å². The number of hydrogen-bond acceptors (Lipinski definition) is 6. The summed E-state index contributed by atoms with van der Waals surface area (Å²) < 4.78 is 39.7. The van der Waals surface area contributed by atoms with E-state index in [0.29, 0.717) is 31.9 Å². The number of nitriles is 1. The summed E-state index contributed by atoms with van der Waals surface area (Å²) in [5, 5.41) is 9.96. The van der Waals surface area contributed by atoms with Gasteiger partial charge in [0.2, 0.25) is 0 Å². The van der Waals surface area contributed by atoms with Crippen LogP contribution < -0.4 is 9.80 Å². The molecule has 4 rings (SSSR count). The molecular weight excluding hydrogens is 387 g/mol.